The van der Waals surface area contributed by atoms with E-state index >= 15 is 0 Å². The predicted octanol–water partition coefficient (Wildman–Crippen LogP) is 1.41. The highest BCUT2D eigenvalue weighted by Crippen LogP contribution is 2.26. The Morgan fingerprint density at radius 3 is 2.85 bits per heavy atom. The van der Waals surface area contributed by atoms with E-state index in [1.165, 1.54) is 12.4 Å². The number of nitrogens with one attached hydrogen (secondary N) is 2. The monoisotopic (exact) mass is 291 g/mol. The van der Waals surface area contributed by atoms with Gasteiger partial charge in [-0.2, -0.15) is 10.2 Å². The lowest BCUT2D eigenvalue weighted by Gasteiger charge is -2.03. The molecule has 0 aliphatic heterocycles. The Kier molecular flexibility index (Phi) is 2.75. The highest BCUT2D eigenvalue weighted by Gasteiger charge is 2.19. The van der Waals surface area contributed by atoms with Crippen LogP contribution in [0.1, 0.15) is 5.56 Å². The first-order chi connectivity index (χ1) is 9.49. The zero-order valence-electron chi connectivity index (χ0n) is 11.0. The van der Waals surface area contributed by atoms with Crippen LogP contribution in [0.2, 0.25) is 0 Å². The number of para-hydroxylation sites is 1. The van der Waals surface area contributed by atoms with E-state index in [1.54, 1.807) is 11.7 Å². The molecule has 20 heavy (non-hydrogen) atoms. The van der Waals surface area contributed by atoms with Gasteiger partial charge in [0.15, 0.2) is 5.82 Å². The van der Waals surface area contributed by atoms with E-state index in [0.29, 0.717) is 5.82 Å². The predicted molar refractivity (Wildman–Crippen MR) is 74.8 cm³/mol. The molecule has 2 N–H and O–H groups in total. The maximum Gasteiger partial charge on any atom is 0.266 e. The Hall–Kier alpha value is -2.35. The summed E-state index contributed by atoms with van der Waals surface area (Å²) in [6.45, 7) is 1.96. The summed E-state index contributed by atoms with van der Waals surface area (Å²) in [7, 11) is -1.90. The fourth-order valence-electron chi connectivity index (χ4n) is 2.18. The third kappa shape index (κ3) is 1.94. The lowest BCUT2D eigenvalue weighted by atomic mass is 10.1. The molecular formula is C12H13N5O2S. The van der Waals surface area contributed by atoms with Gasteiger partial charge in [-0.1, -0.05) is 12.1 Å². The molecular weight excluding hydrogens is 278 g/mol. The Morgan fingerprint density at radius 1 is 1.35 bits per heavy atom. The quantitative estimate of drug-likeness (QED) is 0.763. The second-order valence-electron chi connectivity index (χ2n) is 4.48. The summed E-state index contributed by atoms with van der Waals surface area (Å²) >= 11 is 0. The second-order valence-corrected chi connectivity index (χ2v) is 6.17. The van der Waals surface area contributed by atoms with Gasteiger partial charge in [0.1, 0.15) is 4.90 Å². The fraction of sp³-hybridized carbons (Fsp3) is 0.167. The minimum Gasteiger partial charge on any atom is -0.284 e. The van der Waals surface area contributed by atoms with Crippen LogP contribution < -0.4 is 4.72 Å². The van der Waals surface area contributed by atoms with Crippen LogP contribution in [0.5, 0.6) is 0 Å². The third-order valence-corrected chi connectivity index (χ3v) is 4.39. The number of aromatic amines is 1. The molecule has 3 rings (SSSR count). The van der Waals surface area contributed by atoms with Gasteiger partial charge in [-0.3, -0.25) is 14.5 Å². The van der Waals surface area contributed by atoms with Gasteiger partial charge in [-0.25, -0.2) is 8.42 Å². The maximum absolute atomic E-state index is 12.2. The molecule has 0 aliphatic rings. The molecule has 1 aromatic carbocycles. The Balaban J connectivity index is 2.11. The number of aromatic nitrogens is 4. The van der Waals surface area contributed by atoms with E-state index in [9.17, 15) is 8.42 Å². The van der Waals surface area contributed by atoms with Gasteiger partial charge in [0, 0.05) is 18.6 Å². The topological polar surface area (TPSA) is 92.7 Å². The molecule has 0 radical (unpaired) electrons. The van der Waals surface area contributed by atoms with Gasteiger partial charge in [0.2, 0.25) is 0 Å². The molecule has 8 heteroatoms. The Labute approximate surface area is 115 Å². The van der Waals surface area contributed by atoms with Gasteiger partial charge in [-0.05, 0) is 18.6 Å². The van der Waals surface area contributed by atoms with E-state index in [1.807, 2.05) is 25.1 Å². The number of hydrogen-bond donors (Lipinski definition) is 2. The summed E-state index contributed by atoms with van der Waals surface area (Å²) in [5.74, 6) is 0.312. The van der Waals surface area contributed by atoms with Crippen molar-refractivity contribution in [3.8, 4) is 0 Å². The van der Waals surface area contributed by atoms with Crippen LogP contribution in [-0.2, 0) is 17.1 Å². The number of anilines is 1. The molecule has 0 saturated heterocycles. The normalized spacial score (nSPS) is 11.9. The molecule has 0 atom stereocenters. The van der Waals surface area contributed by atoms with Gasteiger partial charge >= 0.3 is 0 Å². The first-order valence-electron chi connectivity index (χ1n) is 5.93. The van der Waals surface area contributed by atoms with Crippen LogP contribution in [0.4, 0.5) is 5.82 Å². The molecule has 0 spiro atoms. The first kappa shape index (κ1) is 12.7. The summed E-state index contributed by atoms with van der Waals surface area (Å²) in [5, 5.41) is 11.1. The average molecular weight is 291 g/mol. The summed E-state index contributed by atoms with van der Waals surface area (Å²) in [6, 6.07) is 5.66. The van der Waals surface area contributed by atoms with Crippen molar-refractivity contribution in [2.45, 2.75) is 11.8 Å². The largest absolute Gasteiger partial charge is 0.284 e. The van der Waals surface area contributed by atoms with Crippen molar-refractivity contribution >= 4 is 26.7 Å². The highest BCUT2D eigenvalue weighted by atomic mass is 32.2. The van der Waals surface area contributed by atoms with Crippen molar-refractivity contribution in [2.75, 3.05) is 4.72 Å². The van der Waals surface area contributed by atoms with Gasteiger partial charge in [0.05, 0.1) is 11.7 Å². The maximum atomic E-state index is 12.2. The minimum absolute atomic E-state index is 0.0731. The SMILES string of the molecule is Cc1cccc2c(NS(=O)(=O)c3cn[nH]c3)nn(C)c12. The fourth-order valence-corrected chi connectivity index (χ4v) is 3.10. The molecule has 2 aromatic heterocycles. The summed E-state index contributed by atoms with van der Waals surface area (Å²) in [5.41, 5.74) is 1.93. The standard InChI is InChI=1S/C12H13N5O2S/c1-8-4-3-5-10-11(8)17(2)15-12(10)16-20(18,19)9-6-13-14-7-9/h3-7H,1-2H3,(H,13,14)(H,15,16). The van der Waals surface area contributed by atoms with E-state index in [-0.39, 0.29) is 4.90 Å². The first-order valence-corrected chi connectivity index (χ1v) is 7.41. The number of sulfonamides is 1. The molecule has 2 heterocycles. The number of benzene rings is 1. The van der Waals surface area contributed by atoms with Crippen LogP contribution in [0.25, 0.3) is 10.9 Å². The lowest BCUT2D eigenvalue weighted by Crippen LogP contribution is -2.13. The smallest absolute Gasteiger partial charge is 0.266 e. The molecule has 104 valence electrons. The zero-order valence-corrected chi connectivity index (χ0v) is 11.8. The number of H-pyrrole nitrogens is 1. The number of fused-ring (bicyclic) bond motifs is 1. The van der Waals surface area contributed by atoms with Crippen LogP contribution >= 0.6 is 0 Å². The molecule has 0 bridgehead atoms. The van der Waals surface area contributed by atoms with Gasteiger partial charge < -0.3 is 0 Å². The highest BCUT2D eigenvalue weighted by molar-refractivity contribution is 7.92. The minimum atomic E-state index is -3.68. The number of aryl methyl sites for hydroxylation is 2. The zero-order chi connectivity index (χ0) is 14.3. The van der Waals surface area contributed by atoms with Crippen LogP contribution in [0.3, 0.4) is 0 Å². The molecule has 0 unspecified atom stereocenters. The average Bonchev–Trinajstić information content (AvgIpc) is 2.99. The Morgan fingerprint density at radius 2 is 2.15 bits per heavy atom. The van der Waals surface area contributed by atoms with E-state index < -0.39 is 10.0 Å². The summed E-state index contributed by atoms with van der Waals surface area (Å²) in [4.78, 5) is 0.0731. The van der Waals surface area contributed by atoms with Crippen LogP contribution in [-0.4, -0.2) is 28.4 Å². The Bertz CT molecular complexity index is 865. The molecule has 3 aromatic rings. The molecule has 0 fully saturated rings. The van der Waals surface area contributed by atoms with Crippen LogP contribution in [0, 0.1) is 6.92 Å². The molecule has 0 saturated carbocycles. The van der Waals surface area contributed by atoms with E-state index in [4.69, 9.17) is 0 Å². The van der Waals surface area contributed by atoms with Crippen molar-refractivity contribution in [1.29, 1.82) is 0 Å². The van der Waals surface area contributed by atoms with Gasteiger partial charge in [-0.15, -0.1) is 0 Å². The van der Waals surface area contributed by atoms with Crippen molar-refractivity contribution in [2.24, 2.45) is 7.05 Å². The second kappa shape index (κ2) is 4.34. The van der Waals surface area contributed by atoms with Crippen molar-refractivity contribution < 1.29 is 8.42 Å². The summed E-state index contributed by atoms with van der Waals surface area (Å²) in [6.07, 6.45) is 2.57. The molecule has 0 amide bonds. The van der Waals surface area contributed by atoms with Crippen molar-refractivity contribution in [3.05, 3.63) is 36.2 Å². The number of rotatable bonds is 3. The van der Waals surface area contributed by atoms with Crippen molar-refractivity contribution in [1.82, 2.24) is 20.0 Å². The summed E-state index contributed by atoms with van der Waals surface area (Å²) < 4.78 is 28.5. The number of hydrogen-bond acceptors (Lipinski definition) is 4. The third-order valence-electron chi connectivity index (χ3n) is 3.08. The van der Waals surface area contributed by atoms with Crippen LogP contribution in [0.15, 0.2) is 35.5 Å². The lowest BCUT2D eigenvalue weighted by molar-refractivity contribution is 0.601. The van der Waals surface area contributed by atoms with E-state index in [0.717, 1.165) is 16.5 Å². The molecule has 7 nitrogen and oxygen atoms in total. The van der Waals surface area contributed by atoms with E-state index in [2.05, 4.69) is 20.0 Å². The van der Waals surface area contributed by atoms with Gasteiger partial charge in [0.25, 0.3) is 10.0 Å². The number of nitrogens with zero attached hydrogens (tertiary/aromatic N) is 3. The molecule has 0 aliphatic carbocycles. The van der Waals surface area contributed by atoms with Crippen molar-refractivity contribution in [3.63, 3.8) is 0 Å².